The predicted octanol–water partition coefficient (Wildman–Crippen LogP) is 4.80. The van der Waals surface area contributed by atoms with Gasteiger partial charge in [0, 0.05) is 18.7 Å². The van der Waals surface area contributed by atoms with Crippen molar-refractivity contribution in [3.63, 3.8) is 0 Å². The number of ether oxygens (including phenoxy) is 1. The van der Waals surface area contributed by atoms with Gasteiger partial charge in [-0.1, -0.05) is 61.5 Å². The third-order valence-electron chi connectivity index (χ3n) is 4.65. The Kier molecular flexibility index (Phi) is 3.76. The molecule has 0 fully saturated rings. The molecular formula is C21H21NO. The summed E-state index contributed by atoms with van der Waals surface area (Å²) in [7, 11) is 0. The quantitative estimate of drug-likeness (QED) is 0.674. The van der Waals surface area contributed by atoms with E-state index in [1.165, 1.54) is 21.9 Å². The summed E-state index contributed by atoms with van der Waals surface area (Å²) >= 11 is 0. The lowest BCUT2D eigenvalue weighted by molar-refractivity contribution is 0.152. The van der Waals surface area contributed by atoms with Crippen LogP contribution in [0.2, 0.25) is 0 Å². The van der Waals surface area contributed by atoms with Gasteiger partial charge in [0.1, 0.15) is 11.9 Å². The monoisotopic (exact) mass is 303 g/mol. The van der Waals surface area contributed by atoms with Crippen LogP contribution < -0.4 is 4.74 Å². The third-order valence-corrected chi connectivity index (χ3v) is 4.65. The zero-order valence-electron chi connectivity index (χ0n) is 13.4. The number of rotatable bonds is 2. The van der Waals surface area contributed by atoms with Crippen LogP contribution in [0.4, 0.5) is 0 Å². The second kappa shape index (κ2) is 6.05. The van der Waals surface area contributed by atoms with Crippen LogP contribution >= 0.6 is 0 Å². The molecule has 0 aliphatic carbocycles. The normalized spacial score (nSPS) is 18.2. The summed E-state index contributed by atoms with van der Waals surface area (Å²) in [5, 5.41) is 2.55. The highest BCUT2D eigenvalue weighted by molar-refractivity contribution is 5.83. The summed E-state index contributed by atoms with van der Waals surface area (Å²) in [4.78, 5) is 2.45. The first-order chi connectivity index (χ1) is 11.3. The zero-order valence-corrected chi connectivity index (χ0v) is 13.4. The van der Waals surface area contributed by atoms with Crippen LogP contribution in [0.1, 0.15) is 24.2 Å². The number of hydrogen-bond acceptors (Lipinski definition) is 2. The lowest BCUT2D eigenvalue weighted by Crippen LogP contribution is -2.27. The molecule has 0 bridgehead atoms. The van der Waals surface area contributed by atoms with Crippen LogP contribution in [0.15, 0.2) is 66.7 Å². The van der Waals surface area contributed by atoms with Crippen molar-refractivity contribution in [2.24, 2.45) is 0 Å². The Morgan fingerprint density at radius 3 is 2.61 bits per heavy atom. The summed E-state index contributed by atoms with van der Waals surface area (Å²) in [6, 6.07) is 23.6. The number of hydrogen-bond donors (Lipinski definition) is 0. The SMILES string of the molecule is CCN1Cc2ccccc2OC(c2ccc3ccccc3c2)C1. The third kappa shape index (κ3) is 2.82. The highest BCUT2D eigenvalue weighted by Gasteiger charge is 2.23. The zero-order chi connectivity index (χ0) is 15.6. The molecule has 1 heterocycles. The van der Waals surface area contributed by atoms with Crippen molar-refractivity contribution in [3.8, 4) is 5.75 Å². The largest absolute Gasteiger partial charge is 0.484 e. The Hall–Kier alpha value is -2.32. The second-order valence-electron chi connectivity index (χ2n) is 6.15. The average molecular weight is 303 g/mol. The summed E-state index contributed by atoms with van der Waals surface area (Å²) in [6.45, 7) is 5.12. The van der Waals surface area contributed by atoms with Gasteiger partial charge in [-0.3, -0.25) is 4.90 Å². The minimum atomic E-state index is 0.0724. The van der Waals surface area contributed by atoms with Gasteiger partial charge < -0.3 is 4.74 Å². The molecule has 0 saturated heterocycles. The maximum absolute atomic E-state index is 6.38. The van der Waals surface area contributed by atoms with E-state index in [-0.39, 0.29) is 6.10 Å². The first-order valence-electron chi connectivity index (χ1n) is 8.29. The standard InChI is InChI=1S/C21H21NO/c1-2-22-14-19-9-5-6-10-20(19)23-21(15-22)18-12-11-16-7-3-4-8-17(16)13-18/h3-13,21H,2,14-15H2,1H3. The number of fused-ring (bicyclic) bond motifs is 2. The molecule has 116 valence electrons. The molecule has 2 heteroatoms. The molecule has 3 aromatic carbocycles. The number of benzene rings is 3. The van der Waals surface area contributed by atoms with Gasteiger partial charge in [0.2, 0.25) is 0 Å². The van der Waals surface area contributed by atoms with Crippen molar-refractivity contribution in [2.75, 3.05) is 13.1 Å². The summed E-state index contributed by atoms with van der Waals surface area (Å²) in [5.41, 5.74) is 2.52. The average Bonchev–Trinajstić information content (AvgIpc) is 2.80. The van der Waals surface area contributed by atoms with Gasteiger partial charge in [-0.2, -0.15) is 0 Å². The molecule has 0 spiro atoms. The molecule has 4 rings (SSSR count). The number of likely N-dealkylation sites (N-methyl/N-ethyl adjacent to an activating group) is 1. The van der Waals surface area contributed by atoms with Gasteiger partial charge in [0.05, 0.1) is 0 Å². The van der Waals surface area contributed by atoms with Crippen LogP contribution in [-0.4, -0.2) is 18.0 Å². The lowest BCUT2D eigenvalue weighted by atomic mass is 10.0. The Bertz CT molecular complexity index is 827. The van der Waals surface area contributed by atoms with E-state index in [2.05, 4.69) is 78.6 Å². The molecule has 1 aliphatic rings. The molecule has 0 amide bonds. The molecule has 2 nitrogen and oxygen atoms in total. The fourth-order valence-corrected chi connectivity index (χ4v) is 3.30. The molecule has 1 aliphatic heterocycles. The topological polar surface area (TPSA) is 12.5 Å². The number of para-hydroxylation sites is 1. The van der Waals surface area contributed by atoms with Crippen LogP contribution in [0.5, 0.6) is 5.75 Å². The number of nitrogens with zero attached hydrogens (tertiary/aromatic N) is 1. The predicted molar refractivity (Wildman–Crippen MR) is 94.7 cm³/mol. The molecule has 0 N–H and O–H groups in total. The maximum Gasteiger partial charge on any atom is 0.136 e. The van der Waals surface area contributed by atoms with Crippen molar-refractivity contribution in [2.45, 2.75) is 19.6 Å². The molecule has 1 unspecified atom stereocenters. The Balaban J connectivity index is 1.74. The first kappa shape index (κ1) is 14.3. The van der Waals surface area contributed by atoms with Crippen molar-refractivity contribution >= 4 is 10.8 Å². The van der Waals surface area contributed by atoms with Gasteiger partial charge in [-0.25, -0.2) is 0 Å². The van der Waals surface area contributed by atoms with E-state index in [1.54, 1.807) is 0 Å². The van der Waals surface area contributed by atoms with E-state index in [1.807, 2.05) is 0 Å². The molecule has 1 atom stereocenters. The van der Waals surface area contributed by atoms with Crippen molar-refractivity contribution < 1.29 is 4.74 Å². The van der Waals surface area contributed by atoms with Crippen molar-refractivity contribution in [3.05, 3.63) is 77.9 Å². The summed E-state index contributed by atoms with van der Waals surface area (Å²) in [5.74, 6) is 1.02. The van der Waals surface area contributed by atoms with E-state index in [9.17, 15) is 0 Å². The van der Waals surface area contributed by atoms with Gasteiger partial charge in [0.15, 0.2) is 0 Å². The van der Waals surface area contributed by atoms with Crippen LogP contribution in [0.25, 0.3) is 10.8 Å². The molecule has 0 saturated carbocycles. The Morgan fingerprint density at radius 2 is 1.74 bits per heavy atom. The summed E-state index contributed by atoms with van der Waals surface area (Å²) < 4.78 is 6.38. The molecule has 0 aromatic heterocycles. The minimum Gasteiger partial charge on any atom is -0.484 e. The fraction of sp³-hybridized carbons (Fsp3) is 0.238. The Morgan fingerprint density at radius 1 is 0.957 bits per heavy atom. The van der Waals surface area contributed by atoms with E-state index >= 15 is 0 Å². The first-order valence-corrected chi connectivity index (χ1v) is 8.29. The van der Waals surface area contributed by atoms with Gasteiger partial charge in [0.25, 0.3) is 0 Å². The van der Waals surface area contributed by atoms with Crippen LogP contribution in [0, 0.1) is 0 Å². The van der Waals surface area contributed by atoms with Crippen LogP contribution in [0.3, 0.4) is 0 Å². The van der Waals surface area contributed by atoms with Gasteiger partial charge in [-0.15, -0.1) is 0 Å². The van der Waals surface area contributed by atoms with Gasteiger partial charge >= 0.3 is 0 Å². The molecule has 0 radical (unpaired) electrons. The van der Waals surface area contributed by atoms with E-state index < -0.39 is 0 Å². The lowest BCUT2D eigenvalue weighted by Gasteiger charge is -2.23. The molecular weight excluding hydrogens is 282 g/mol. The highest BCUT2D eigenvalue weighted by atomic mass is 16.5. The van der Waals surface area contributed by atoms with Crippen molar-refractivity contribution in [1.29, 1.82) is 0 Å². The van der Waals surface area contributed by atoms with Gasteiger partial charge in [-0.05, 0) is 35.0 Å². The second-order valence-corrected chi connectivity index (χ2v) is 6.15. The molecule has 23 heavy (non-hydrogen) atoms. The van der Waals surface area contributed by atoms with E-state index in [0.717, 1.165) is 25.4 Å². The minimum absolute atomic E-state index is 0.0724. The smallest absolute Gasteiger partial charge is 0.136 e. The van der Waals surface area contributed by atoms with Crippen molar-refractivity contribution in [1.82, 2.24) is 4.90 Å². The van der Waals surface area contributed by atoms with E-state index in [0.29, 0.717) is 0 Å². The fourth-order valence-electron chi connectivity index (χ4n) is 3.30. The Labute approximate surface area is 137 Å². The maximum atomic E-state index is 6.38. The van der Waals surface area contributed by atoms with Crippen LogP contribution in [-0.2, 0) is 6.54 Å². The highest BCUT2D eigenvalue weighted by Crippen LogP contribution is 2.32. The summed E-state index contributed by atoms with van der Waals surface area (Å²) in [6.07, 6.45) is 0.0724. The van der Waals surface area contributed by atoms with E-state index in [4.69, 9.17) is 4.74 Å². The molecule has 3 aromatic rings.